The summed E-state index contributed by atoms with van der Waals surface area (Å²) in [6.07, 6.45) is 3.38. The summed E-state index contributed by atoms with van der Waals surface area (Å²) >= 11 is 0. The average molecular weight is 300 g/mol. The smallest absolute Gasteiger partial charge is 0.243 e. The van der Waals surface area contributed by atoms with Crippen LogP contribution in [0.25, 0.3) is 0 Å². The van der Waals surface area contributed by atoms with Crippen LogP contribution in [-0.4, -0.2) is 40.7 Å². The van der Waals surface area contributed by atoms with Gasteiger partial charge in [-0.05, 0) is 32.5 Å². The second-order valence-electron chi connectivity index (χ2n) is 5.60. The number of rotatable bonds is 7. The summed E-state index contributed by atoms with van der Waals surface area (Å²) in [5, 5.41) is 7.23. The number of amides is 1. The fourth-order valence-electron chi connectivity index (χ4n) is 2.39. The highest BCUT2D eigenvalue weighted by Crippen LogP contribution is 2.12. The van der Waals surface area contributed by atoms with E-state index in [0.29, 0.717) is 6.42 Å². The van der Waals surface area contributed by atoms with Crippen molar-refractivity contribution in [2.75, 3.05) is 19.4 Å². The molecule has 1 heterocycles. The van der Waals surface area contributed by atoms with E-state index in [4.69, 9.17) is 0 Å². The Labute approximate surface area is 131 Å². The van der Waals surface area contributed by atoms with Gasteiger partial charge in [0, 0.05) is 12.6 Å². The van der Waals surface area contributed by atoms with E-state index < -0.39 is 0 Å². The molecule has 2 aromatic rings. The van der Waals surface area contributed by atoms with Crippen LogP contribution in [0.4, 0.5) is 5.82 Å². The van der Waals surface area contributed by atoms with E-state index >= 15 is 0 Å². The molecule has 0 fully saturated rings. The van der Waals surface area contributed by atoms with Gasteiger partial charge in [-0.25, -0.2) is 4.68 Å². The molecule has 5 nitrogen and oxygen atoms in total. The van der Waals surface area contributed by atoms with Crippen molar-refractivity contribution in [1.82, 2.24) is 14.7 Å². The van der Waals surface area contributed by atoms with Crippen molar-refractivity contribution in [3.05, 3.63) is 48.2 Å². The quantitative estimate of drug-likeness (QED) is 0.854. The summed E-state index contributed by atoms with van der Waals surface area (Å²) in [5.74, 6) is 0.749. The molecule has 22 heavy (non-hydrogen) atoms. The summed E-state index contributed by atoms with van der Waals surface area (Å²) in [6.45, 7) is 2.89. The van der Waals surface area contributed by atoms with Crippen molar-refractivity contribution in [3.63, 3.8) is 0 Å². The van der Waals surface area contributed by atoms with Crippen molar-refractivity contribution in [1.29, 1.82) is 0 Å². The Morgan fingerprint density at radius 3 is 2.64 bits per heavy atom. The molecule has 1 amide bonds. The van der Waals surface area contributed by atoms with Crippen molar-refractivity contribution in [2.45, 2.75) is 32.4 Å². The van der Waals surface area contributed by atoms with Crippen LogP contribution in [0.2, 0.25) is 0 Å². The Balaban J connectivity index is 2.08. The monoisotopic (exact) mass is 300 g/mol. The molecule has 0 aliphatic carbocycles. The first-order chi connectivity index (χ1) is 10.6. The number of hydrogen-bond acceptors (Lipinski definition) is 3. The number of aryl methyl sites for hydroxylation is 1. The van der Waals surface area contributed by atoms with Gasteiger partial charge in [-0.1, -0.05) is 37.3 Å². The maximum Gasteiger partial charge on any atom is 0.243 e. The molecule has 0 saturated heterocycles. The molecule has 0 bridgehead atoms. The SMILES string of the molecule is CCCn1nccc1NC(=O)[C@H](Cc1ccccc1)N(C)C. The van der Waals surface area contributed by atoms with E-state index in [9.17, 15) is 4.79 Å². The van der Waals surface area contributed by atoms with Crippen LogP contribution >= 0.6 is 0 Å². The Morgan fingerprint density at radius 2 is 2.00 bits per heavy atom. The van der Waals surface area contributed by atoms with E-state index in [2.05, 4.69) is 17.3 Å². The third-order valence-electron chi connectivity index (χ3n) is 3.60. The summed E-state index contributed by atoms with van der Waals surface area (Å²) < 4.78 is 1.83. The molecule has 1 N–H and O–H groups in total. The Kier molecular flexibility index (Phi) is 5.72. The third-order valence-corrected chi connectivity index (χ3v) is 3.60. The zero-order valence-electron chi connectivity index (χ0n) is 13.5. The topological polar surface area (TPSA) is 50.2 Å². The van der Waals surface area contributed by atoms with E-state index in [1.807, 2.05) is 60.1 Å². The minimum atomic E-state index is -0.215. The van der Waals surface area contributed by atoms with Crippen LogP contribution < -0.4 is 5.32 Å². The minimum absolute atomic E-state index is 0.00768. The molecular weight excluding hydrogens is 276 g/mol. The number of nitrogens with zero attached hydrogens (tertiary/aromatic N) is 3. The summed E-state index contributed by atoms with van der Waals surface area (Å²) in [6, 6.07) is 11.7. The van der Waals surface area contributed by atoms with Gasteiger partial charge in [0.2, 0.25) is 5.91 Å². The number of benzene rings is 1. The van der Waals surface area contributed by atoms with E-state index in [-0.39, 0.29) is 11.9 Å². The summed E-state index contributed by atoms with van der Waals surface area (Å²) in [5.41, 5.74) is 1.15. The second-order valence-corrected chi connectivity index (χ2v) is 5.60. The molecule has 1 aromatic heterocycles. The minimum Gasteiger partial charge on any atom is -0.310 e. The van der Waals surface area contributed by atoms with Crippen molar-refractivity contribution < 1.29 is 4.79 Å². The maximum absolute atomic E-state index is 12.6. The lowest BCUT2D eigenvalue weighted by Gasteiger charge is -2.23. The second kappa shape index (κ2) is 7.75. The first-order valence-corrected chi connectivity index (χ1v) is 7.65. The molecule has 118 valence electrons. The lowest BCUT2D eigenvalue weighted by Crippen LogP contribution is -2.41. The third kappa shape index (κ3) is 4.18. The number of nitrogens with one attached hydrogen (secondary N) is 1. The van der Waals surface area contributed by atoms with Gasteiger partial charge in [-0.3, -0.25) is 9.69 Å². The predicted molar refractivity (Wildman–Crippen MR) is 88.8 cm³/mol. The van der Waals surface area contributed by atoms with Gasteiger partial charge < -0.3 is 5.32 Å². The van der Waals surface area contributed by atoms with Crippen LogP contribution in [0.5, 0.6) is 0 Å². The first-order valence-electron chi connectivity index (χ1n) is 7.65. The molecule has 0 aliphatic heterocycles. The number of carbonyl (C=O) groups excluding carboxylic acids is 1. The van der Waals surface area contributed by atoms with Gasteiger partial charge in [-0.15, -0.1) is 0 Å². The van der Waals surface area contributed by atoms with Crippen LogP contribution in [-0.2, 0) is 17.8 Å². The van der Waals surface area contributed by atoms with Gasteiger partial charge in [-0.2, -0.15) is 5.10 Å². The molecule has 0 radical (unpaired) electrons. The lowest BCUT2D eigenvalue weighted by atomic mass is 10.0. The molecule has 0 spiro atoms. The largest absolute Gasteiger partial charge is 0.310 e. The number of likely N-dealkylation sites (N-methyl/N-ethyl adjacent to an activating group) is 1. The molecule has 5 heteroatoms. The fraction of sp³-hybridized carbons (Fsp3) is 0.412. The Hall–Kier alpha value is -2.14. The van der Waals surface area contributed by atoms with Gasteiger partial charge in [0.05, 0.1) is 12.2 Å². The Morgan fingerprint density at radius 1 is 1.27 bits per heavy atom. The maximum atomic E-state index is 12.6. The molecular formula is C17H24N4O. The van der Waals surface area contributed by atoms with Crippen molar-refractivity contribution in [2.24, 2.45) is 0 Å². The van der Waals surface area contributed by atoms with Gasteiger partial charge >= 0.3 is 0 Å². The van der Waals surface area contributed by atoms with Gasteiger partial charge in [0.15, 0.2) is 0 Å². The molecule has 0 saturated carbocycles. The number of hydrogen-bond donors (Lipinski definition) is 1. The summed E-state index contributed by atoms with van der Waals surface area (Å²) in [7, 11) is 3.85. The lowest BCUT2D eigenvalue weighted by molar-refractivity contribution is -0.120. The molecule has 2 rings (SSSR count). The number of aromatic nitrogens is 2. The average Bonchev–Trinajstić information content (AvgIpc) is 2.93. The molecule has 1 atom stereocenters. The van der Waals surface area contributed by atoms with E-state index in [1.165, 1.54) is 0 Å². The van der Waals surface area contributed by atoms with Gasteiger partial charge in [0.25, 0.3) is 0 Å². The van der Waals surface area contributed by atoms with Gasteiger partial charge in [0.1, 0.15) is 5.82 Å². The van der Waals surface area contributed by atoms with Crippen molar-refractivity contribution >= 4 is 11.7 Å². The highest BCUT2D eigenvalue weighted by atomic mass is 16.2. The zero-order valence-corrected chi connectivity index (χ0v) is 13.5. The number of anilines is 1. The van der Waals surface area contributed by atoms with Crippen LogP contribution in [0.1, 0.15) is 18.9 Å². The van der Waals surface area contributed by atoms with Crippen LogP contribution in [0.15, 0.2) is 42.6 Å². The highest BCUT2D eigenvalue weighted by Gasteiger charge is 2.22. The van der Waals surface area contributed by atoms with Crippen molar-refractivity contribution in [3.8, 4) is 0 Å². The normalized spacial score (nSPS) is 12.4. The molecule has 0 aliphatic rings. The molecule has 0 unspecified atom stereocenters. The zero-order chi connectivity index (χ0) is 15.9. The fourth-order valence-corrected chi connectivity index (χ4v) is 2.39. The molecule has 1 aromatic carbocycles. The van der Waals surface area contributed by atoms with Crippen LogP contribution in [0, 0.1) is 0 Å². The Bertz CT molecular complexity index is 592. The standard InChI is InChI=1S/C17H24N4O/c1-4-12-21-16(10-11-18-21)19-17(22)15(20(2)3)13-14-8-6-5-7-9-14/h5-11,15H,4,12-13H2,1-3H3,(H,19,22)/t15-/m0/s1. The predicted octanol–water partition coefficient (Wildman–Crippen LogP) is 2.40. The highest BCUT2D eigenvalue weighted by molar-refractivity contribution is 5.94. The first kappa shape index (κ1) is 16.2. The van der Waals surface area contributed by atoms with E-state index in [0.717, 1.165) is 24.3 Å². The summed E-state index contributed by atoms with van der Waals surface area (Å²) in [4.78, 5) is 14.6. The number of carbonyl (C=O) groups is 1. The van der Waals surface area contributed by atoms with E-state index in [1.54, 1.807) is 6.20 Å². The van der Waals surface area contributed by atoms with Crippen LogP contribution in [0.3, 0.4) is 0 Å².